The lowest BCUT2D eigenvalue weighted by Gasteiger charge is -2.23. The maximum absolute atomic E-state index is 11.8. The van der Waals surface area contributed by atoms with Crippen LogP contribution in [0.15, 0.2) is 24.3 Å². The summed E-state index contributed by atoms with van der Waals surface area (Å²) in [6.45, 7) is 1.56. The van der Waals surface area contributed by atoms with E-state index in [1.54, 1.807) is 26.1 Å². The number of benzene rings is 1. The number of aliphatic hydroxyl groups is 1. The van der Waals surface area contributed by atoms with E-state index in [1.165, 1.54) is 17.0 Å². The first-order valence-electron chi connectivity index (χ1n) is 5.43. The molecule has 18 heavy (non-hydrogen) atoms. The van der Waals surface area contributed by atoms with Crippen molar-refractivity contribution in [3.8, 4) is 0 Å². The molecule has 6 heteroatoms. The van der Waals surface area contributed by atoms with E-state index in [0.717, 1.165) is 0 Å². The van der Waals surface area contributed by atoms with Crippen molar-refractivity contribution in [3.05, 3.63) is 29.8 Å². The van der Waals surface area contributed by atoms with Crippen LogP contribution in [0.3, 0.4) is 0 Å². The van der Waals surface area contributed by atoms with E-state index in [9.17, 15) is 9.59 Å². The van der Waals surface area contributed by atoms with Gasteiger partial charge in [0.25, 0.3) is 0 Å². The fourth-order valence-corrected chi connectivity index (χ4v) is 1.26. The molecule has 1 rings (SSSR count). The second-order valence-corrected chi connectivity index (χ2v) is 3.96. The minimum atomic E-state index is -1.05. The molecule has 1 atom stereocenters. The molecule has 0 bridgehead atoms. The van der Waals surface area contributed by atoms with E-state index in [-0.39, 0.29) is 18.2 Å². The second kappa shape index (κ2) is 6.02. The summed E-state index contributed by atoms with van der Waals surface area (Å²) in [7, 11) is 1.55. The van der Waals surface area contributed by atoms with E-state index in [4.69, 9.17) is 10.2 Å². The number of rotatable bonds is 4. The molecule has 98 valence electrons. The summed E-state index contributed by atoms with van der Waals surface area (Å²) < 4.78 is 0. The molecular formula is C12H16N2O4. The molecule has 1 unspecified atom stereocenters. The number of likely N-dealkylation sites (N-methyl/N-ethyl adjacent to an activating group) is 1. The number of carboxylic acid groups (broad SMARTS) is 1. The SMILES string of the molecule is CC(CO)N(C)C(=O)Nc1cccc(C(=O)O)c1. The molecule has 0 spiro atoms. The van der Waals surface area contributed by atoms with Gasteiger partial charge < -0.3 is 20.4 Å². The van der Waals surface area contributed by atoms with Gasteiger partial charge in [0.1, 0.15) is 0 Å². The molecule has 0 fully saturated rings. The summed E-state index contributed by atoms with van der Waals surface area (Å²) >= 11 is 0. The van der Waals surface area contributed by atoms with Crippen LogP contribution >= 0.6 is 0 Å². The van der Waals surface area contributed by atoms with Crippen molar-refractivity contribution in [2.45, 2.75) is 13.0 Å². The molecule has 1 aromatic carbocycles. The zero-order valence-corrected chi connectivity index (χ0v) is 10.3. The smallest absolute Gasteiger partial charge is 0.335 e. The van der Waals surface area contributed by atoms with E-state index in [2.05, 4.69) is 5.32 Å². The van der Waals surface area contributed by atoms with Gasteiger partial charge in [0, 0.05) is 12.7 Å². The maximum atomic E-state index is 11.8. The molecule has 1 aromatic rings. The molecule has 0 saturated heterocycles. The molecule has 6 nitrogen and oxygen atoms in total. The number of aliphatic hydroxyl groups excluding tert-OH is 1. The Hall–Kier alpha value is -2.08. The largest absolute Gasteiger partial charge is 0.478 e. The summed E-state index contributed by atoms with van der Waals surface area (Å²) in [4.78, 5) is 23.9. The third kappa shape index (κ3) is 3.46. The highest BCUT2D eigenvalue weighted by atomic mass is 16.4. The summed E-state index contributed by atoms with van der Waals surface area (Å²) in [6.07, 6.45) is 0. The first-order chi connectivity index (χ1) is 8.45. The Morgan fingerprint density at radius 3 is 2.67 bits per heavy atom. The van der Waals surface area contributed by atoms with Crippen molar-refractivity contribution in [2.75, 3.05) is 19.0 Å². The molecular weight excluding hydrogens is 236 g/mol. The number of urea groups is 1. The van der Waals surface area contributed by atoms with Crippen molar-refractivity contribution in [3.63, 3.8) is 0 Å². The Morgan fingerprint density at radius 1 is 1.44 bits per heavy atom. The summed E-state index contributed by atoms with van der Waals surface area (Å²) in [6, 6.07) is 5.25. The average Bonchev–Trinajstić information content (AvgIpc) is 2.37. The van der Waals surface area contributed by atoms with E-state index in [0.29, 0.717) is 5.69 Å². The number of carbonyl (C=O) groups is 2. The quantitative estimate of drug-likeness (QED) is 0.751. The van der Waals surface area contributed by atoms with Crippen LogP contribution in [0.2, 0.25) is 0 Å². The van der Waals surface area contributed by atoms with Crippen LogP contribution in [0, 0.1) is 0 Å². The number of nitrogens with one attached hydrogen (secondary N) is 1. The number of aromatic carboxylic acids is 1. The second-order valence-electron chi connectivity index (χ2n) is 3.96. The Bertz CT molecular complexity index is 447. The number of nitrogens with zero attached hydrogens (tertiary/aromatic N) is 1. The van der Waals surface area contributed by atoms with Crippen LogP contribution in [-0.4, -0.2) is 46.8 Å². The van der Waals surface area contributed by atoms with Crippen molar-refractivity contribution < 1.29 is 19.8 Å². The molecule has 0 aliphatic rings. The van der Waals surface area contributed by atoms with Crippen LogP contribution in [-0.2, 0) is 0 Å². The number of hydrogen-bond donors (Lipinski definition) is 3. The molecule has 0 saturated carbocycles. The van der Waals surface area contributed by atoms with Gasteiger partial charge in [0.2, 0.25) is 0 Å². The number of hydrogen-bond acceptors (Lipinski definition) is 3. The standard InChI is InChI=1S/C12H16N2O4/c1-8(7-15)14(2)12(18)13-10-5-3-4-9(6-10)11(16)17/h3-6,8,15H,7H2,1-2H3,(H,13,18)(H,16,17). The zero-order valence-electron chi connectivity index (χ0n) is 10.3. The van der Waals surface area contributed by atoms with Crippen molar-refractivity contribution in [1.82, 2.24) is 4.90 Å². The van der Waals surface area contributed by atoms with Crippen molar-refractivity contribution in [2.24, 2.45) is 0 Å². The number of anilines is 1. The highest BCUT2D eigenvalue weighted by molar-refractivity contribution is 5.93. The van der Waals surface area contributed by atoms with Crippen LogP contribution < -0.4 is 5.32 Å². The van der Waals surface area contributed by atoms with Gasteiger partial charge in [-0.25, -0.2) is 9.59 Å². The fraction of sp³-hybridized carbons (Fsp3) is 0.333. The lowest BCUT2D eigenvalue weighted by atomic mass is 10.2. The first kappa shape index (κ1) is 14.0. The van der Waals surface area contributed by atoms with E-state index in [1.807, 2.05) is 0 Å². The van der Waals surface area contributed by atoms with Gasteiger partial charge in [-0.15, -0.1) is 0 Å². The Balaban J connectivity index is 2.76. The van der Waals surface area contributed by atoms with Crippen LogP contribution in [0.1, 0.15) is 17.3 Å². The van der Waals surface area contributed by atoms with Gasteiger partial charge in [-0.2, -0.15) is 0 Å². The molecule has 0 aromatic heterocycles. The van der Waals surface area contributed by atoms with Crippen LogP contribution in [0.4, 0.5) is 10.5 Å². The van der Waals surface area contributed by atoms with Crippen molar-refractivity contribution >= 4 is 17.7 Å². The average molecular weight is 252 g/mol. The Morgan fingerprint density at radius 2 is 2.11 bits per heavy atom. The third-order valence-electron chi connectivity index (χ3n) is 2.61. The molecule has 0 heterocycles. The van der Waals surface area contributed by atoms with E-state index >= 15 is 0 Å². The fourth-order valence-electron chi connectivity index (χ4n) is 1.26. The Kier molecular flexibility index (Phi) is 4.67. The molecule has 0 radical (unpaired) electrons. The maximum Gasteiger partial charge on any atom is 0.335 e. The number of carbonyl (C=O) groups excluding carboxylic acids is 1. The third-order valence-corrected chi connectivity index (χ3v) is 2.61. The highest BCUT2D eigenvalue weighted by Gasteiger charge is 2.15. The molecule has 2 amide bonds. The van der Waals surface area contributed by atoms with Gasteiger partial charge in [-0.1, -0.05) is 6.07 Å². The van der Waals surface area contributed by atoms with Gasteiger partial charge >= 0.3 is 12.0 Å². The molecule has 3 N–H and O–H groups in total. The summed E-state index contributed by atoms with van der Waals surface area (Å²) in [5.74, 6) is -1.05. The summed E-state index contributed by atoms with van der Waals surface area (Å²) in [5.41, 5.74) is 0.502. The number of amides is 2. The van der Waals surface area contributed by atoms with Gasteiger partial charge in [-0.3, -0.25) is 0 Å². The monoisotopic (exact) mass is 252 g/mol. The lowest BCUT2D eigenvalue weighted by Crippen LogP contribution is -2.40. The molecule has 0 aliphatic carbocycles. The van der Waals surface area contributed by atoms with E-state index < -0.39 is 12.0 Å². The topological polar surface area (TPSA) is 89.9 Å². The zero-order chi connectivity index (χ0) is 13.7. The lowest BCUT2D eigenvalue weighted by molar-refractivity contribution is 0.0697. The normalized spacial score (nSPS) is 11.7. The number of carboxylic acids is 1. The van der Waals surface area contributed by atoms with Gasteiger partial charge in [0.05, 0.1) is 18.2 Å². The predicted molar refractivity (Wildman–Crippen MR) is 66.7 cm³/mol. The minimum Gasteiger partial charge on any atom is -0.478 e. The summed E-state index contributed by atoms with van der Waals surface area (Å²) in [5, 5.41) is 20.3. The van der Waals surface area contributed by atoms with Gasteiger partial charge in [0.15, 0.2) is 0 Å². The van der Waals surface area contributed by atoms with Gasteiger partial charge in [-0.05, 0) is 25.1 Å². The van der Waals surface area contributed by atoms with Crippen LogP contribution in [0.5, 0.6) is 0 Å². The molecule has 0 aliphatic heterocycles. The van der Waals surface area contributed by atoms with Crippen molar-refractivity contribution in [1.29, 1.82) is 0 Å². The first-order valence-corrected chi connectivity index (χ1v) is 5.43. The minimum absolute atomic E-state index is 0.102. The predicted octanol–water partition coefficient (Wildman–Crippen LogP) is 1.23. The van der Waals surface area contributed by atoms with Crippen LogP contribution in [0.25, 0.3) is 0 Å². The Labute approximate surface area is 105 Å². The highest BCUT2D eigenvalue weighted by Crippen LogP contribution is 2.11.